The Morgan fingerprint density at radius 2 is 1.55 bits per heavy atom. The van der Waals surface area contributed by atoms with E-state index >= 15 is 0 Å². The van der Waals surface area contributed by atoms with Crippen molar-refractivity contribution in [3.05, 3.63) is 94.5 Å². The van der Waals surface area contributed by atoms with Crippen molar-refractivity contribution in [2.24, 2.45) is 0 Å². The Labute approximate surface area is 192 Å². The Kier molecular flexibility index (Phi) is 6.37. The van der Waals surface area contributed by atoms with Crippen LogP contribution in [0, 0.1) is 0 Å². The molecule has 1 atom stereocenters. The molecule has 0 bridgehead atoms. The molecule has 0 saturated carbocycles. The van der Waals surface area contributed by atoms with Crippen molar-refractivity contribution in [3.63, 3.8) is 0 Å². The molecule has 3 aromatic carbocycles. The van der Waals surface area contributed by atoms with Crippen molar-refractivity contribution < 1.29 is 27.9 Å². The summed E-state index contributed by atoms with van der Waals surface area (Å²) in [4.78, 5) is 40.2. The molecule has 168 valence electrons. The average Bonchev–Trinajstić information content (AvgIpc) is 3.05. The van der Waals surface area contributed by atoms with Gasteiger partial charge in [0.2, 0.25) is 5.91 Å². The summed E-state index contributed by atoms with van der Waals surface area (Å²) in [5.74, 6) is -2.01. The molecule has 6 nitrogen and oxygen atoms in total. The highest BCUT2D eigenvalue weighted by Gasteiger charge is 2.42. The van der Waals surface area contributed by atoms with Crippen molar-refractivity contribution in [2.45, 2.75) is 19.1 Å². The fourth-order valence-electron chi connectivity index (χ4n) is 3.63. The molecule has 0 radical (unpaired) electrons. The Bertz CT molecular complexity index is 1190. The molecule has 3 aromatic rings. The highest BCUT2D eigenvalue weighted by atomic mass is 35.5. The van der Waals surface area contributed by atoms with E-state index in [0.29, 0.717) is 0 Å². The first-order valence-corrected chi connectivity index (χ1v) is 10.3. The van der Waals surface area contributed by atoms with Gasteiger partial charge in [0.15, 0.2) is 0 Å². The van der Waals surface area contributed by atoms with E-state index in [0.717, 1.165) is 10.5 Å². The first kappa shape index (κ1) is 22.4. The van der Waals surface area contributed by atoms with Gasteiger partial charge in [-0.3, -0.25) is 19.3 Å². The molecule has 4 rings (SSSR count). The van der Waals surface area contributed by atoms with Crippen LogP contribution in [-0.2, 0) is 11.2 Å². The Balaban J connectivity index is 1.63. The lowest BCUT2D eigenvalue weighted by molar-refractivity contribution is -0.119. The van der Waals surface area contributed by atoms with Gasteiger partial charge in [0.25, 0.3) is 11.8 Å². The standard InChI is InChI=1S/C24H17ClF2N2O4/c25-18-13-15(10-11-20(18)33-24(26)27)28-21(30)19(12-14-6-2-1-3-7-14)29-22(31)16-8-4-5-9-17(16)23(29)32/h1-11,13,19,24H,12H2,(H,28,30)/t19-/m0/s1. The number of imide groups is 1. The van der Waals surface area contributed by atoms with Gasteiger partial charge >= 0.3 is 6.61 Å². The Hall–Kier alpha value is -3.78. The van der Waals surface area contributed by atoms with Crippen molar-refractivity contribution in [1.29, 1.82) is 0 Å². The van der Waals surface area contributed by atoms with Gasteiger partial charge in [0.1, 0.15) is 11.8 Å². The van der Waals surface area contributed by atoms with Crippen molar-refractivity contribution >= 4 is 35.0 Å². The molecule has 0 spiro atoms. The van der Waals surface area contributed by atoms with E-state index in [2.05, 4.69) is 10.1 Å². The maximum Gasteiger partial charge on any atom is 0.387 e. The number of hydrogen-bond acceptors (Lipinski definition) is 4. The second-order valence-corrected chi connectivity index (χ2v) is 7.65. The molecule has 1 N–H and O–H groups in total. The third kappa shape index (κ3) is 4.70. The zero-order chi connectivity index (χ0) is 23.5. The van der Waals surface area contributed by atoms with Crippen LogP contribution in [0.25, 0.3) is 0 Å². The van der Waals surface area contributed by atoms with Crippen molar-refractivity contribution in [3.8, 4) is 5.75 Å². The SMILES string of the molecule is O=C(Nc1ccc(OC(F)F)c(Cl)c1)[C@H](Cc1ccccc1)N1C(=O)c2ccccc2C1=O. The number of benzene rings is 3. The number of nitrogens with zero attached hydrogens (tertiary/aromatic N) is 1. The van der Waals surface area contributed by atoms with Gasteiger partial charge in [-0.2, -0.15) is 8.78 Å². The predicted octanol–water partition coefficient (Wildman–Crippen LogP) is 4.79. The van der Waals surface area contributed by atoms with Gasteiger partial charge in [-0.25, -0.2) is 0 Å². The van der Waals surface area contributed by atoms with Crippen LogP contribution in [0.1, 0.15) is 26.3 Å². The van der Waals surface area contributed by atoms with E-state index in [9.17, 15) is 23.2 Å². The van der Waals surface area contributed by atoms with E-state index < -0.39 is 30.4 Å². The number of carbonyl (C=O) groups excluding carboxylic acids is 3. The third-order valence-corrected chi connectivity index (χ3v) is 5.42. The molecule has 1 aliphatic rings. The molecule has 33 heavy (non-hydrogen) atoms. The largest absolute Gasteiger partial charge is 0.433 e. The molecule has 0 unspecified atom stereocenters. The van der Waals surface area contributed by atoms with Gasteiger partial charge in [-0.05, 0) is 35.9 Å². The summed E-state index contributed by atoms with van der Waals surface area (Å²) in [5, 5.41) is 2.48. The molecule has 1 heterocycles. The van der Waals surface area contributed by atoms with Crippen LogP contribution in [0.2, 0.25) is 5.02 Å². The Morgan fingerprint density at radius 1 is 0.939 bits per heavy atom. The zero-order valence-electron chi connectivity index (χ0n) is 17.0. The second-order valence-electron chi connectivity index (χ2n) is 7.24. The quantitative estimate of drug-likeness (QED) is 0.504. The van der Waals surface area contributed by atoms with Crippen LogP contribution in [0.5, 0.6) is 5.75 Å². The van der Waals surface area contributed by atoms with Crippen LogP contribution in [0.4, 0.5) is 14.5 Å². The number of amides is 3. The molecule has 3 amide bonds. The number of ether oxygens (including phenoxy) is 1. The topological polar surface area (TPSA) is 75.7 Å². The number of halogens is 3. The van der Waals surface area contributed by atoms with Crippen LogP contribution in [0.3, 0.4) is 0 Å². The maximum atomic E-state index is 13.3. The van der Waals surface area contributed by atoms with Gasteiger partial charge in [-0.1, -0.05) is 54.1 Å². The predicted molar refractivity (Wildman–Crippen MR) is 118 cm³/mol. The number of rotatable bonds is 7. The van der Waals surface area contributed by atoms with E-state index in [1.807, 2.05) is 6.07 Å². The van der Waals surface area contributed by atoms with E-state index in [4.69, 9.17) is 11.6 Å². The summed E-state index contributed by atoms with van der Waals surface area (Å²) in [5.41, 5.74) is 1.39. The van der Waals surface area contributed by atoms with Gasteiger partial charge in [-0.15, -0.1) is 0 Å². The number of hydrogen-bond donors (Lipinski definition) is 1. The smallest absolute Gasteiger partial charge is 0.387 e. The van der Waals surface area contributed by atoms with Crippen LogP contribution < -0.4 is 10.1 Å². The first-order valence-electron chi connectivity index (χ1n) is 9.91. The minimum atomic E-state index is -3.05. The minimum Gasteiger partial charge on any atom is -0.433 e. The summed E-state index contributed by atoms with van der Waals surface area (Å²) in [6.45, 7) is -3.05. The number of nitrogens with one attached hydrogen (secondary N) is 1. The summed E-state index contributed by atoms with van der Waals surface area (Å²) < 4.78 is 29.2. The fraction of sp³-hybridized carbons (Fsp3) is 0.125. The lowest BCUT2D eigenvalue weighted by Crippen LogP contribution is -2.48. The normalized spacial score (nSPS) is 13.8. The Morgan fingerprint density at radius 3 is 2.12 bits per heavy atom. The average molecular weight is 471 g/mol. The number of anilines is 1. The van der Waals surface area contributed by atoms with E-state index in [1.54, 1.807) is 36.4 Å². The van der Waals surface area contributed by atoms with E-state index in [-0.39, 0.29) is 34.0 Å². The van der Waals surface area contributed by atoms with E-state index in [1.165, 1.54) is 30.3 Å². The summed E-state index contributed by atoms with van der Waals surface area (Å²) in [6.07, 6.45) is 0.0818. The minimum absolute atomic E-state index is 0.0818. The summed E-state index contributed by atoms with van der Waals surface area (Å²) in [6, 6.07) is 17.9. The molecule has 0 aromatic heterocycles. The third-order valence-electron chi connectivity index (χ3n) is 5.13. The molecular formula is C24H17ClF2N2O4. The lowest BCUT2D eigenvalue weighted by atomic mass is 10.0. The van der Waals surface area contributed by atoms with Gasteiger partial charge < -0.3 is 10.1 Å². The molecular weight excluding hydrogens is 454 g/mol. The number of carbonyl (C=O) groups is 3. The fourth-order valence-corrected chi connectivity index (χ4v) is 3.85. The highest BCUT2D eigenvalue weighted by Crippen LogP contribution is 2.30. The summed E-state index contributed by atoms with van der Waals surface area (Å²) in [7, 11) is 0. The van der Waals surface area contributed by atoms with Crippen LogP contribution in [0.15, 0.2) is 72.8 Å². The molecule has 0 aliphatic carbocycles. The molecule has 0 saturated heterocycles. The zero-order valence-corrected chi connectivity index (χ0v) is 17.8. The van der Waals surface area contributed by atoms with Gasteiger partial charge in [0.05, 0.1) is 16.1 Å². The molecule has 0 fully saturated rings. The van der Waals surface area contributed by atoms with Crippen LogP contribution in [-0.4, -0.2) is 35.3 Å². The maximum absolute atomic E-state index is 13.3. The number of fused-ring (bicyclic) bond motifs is 1. The lowest BCUT2D eigenvalue weighted by Gasteiger charge is -2.25. The summed E-state index contributed by atoms with van der Waals surface area (Å²) >= 11 is 5.97. The molecule has 1 aliphatic heterocycles. The van der Waals surface area contributed by atoms with Gasteiger partial charge in [0, 0.05) is 12.1 Å². The van der Waals surface area contributed by atoms with Crippen LogP contribution >= 0.6 is 11.6 Å². The van der Waals surface area contributed by atoms with Crippen molar-refractivity contribution in [2.75, 3.05) is 5.32 Å². The number of alkyl halides is 2. The highest BCUT2D eigenvalue weighted by molar-refractivity contribution is 6.32. The first-order chi connectivity index (χ1) is 15.8. The monoisotopic (exact) mass is 470 g/mol. The molecule has 9 heteroatoms. The second kappa shape index (κ2) is 9.38. The van der Waals surface area contributed by atoms with Crippen molar-refractivity contribution in [1.82, 2.24) is 4.90 Å².